The number of hydrogen-bond acceptors (Lipinski definition) is 3. The first-order valence-electron chi connectivity index (χ1n) is 7.07. The lowest BCUT2D eigenvalue weighted by molar-refractivity contribution is -0.145. The van der Waals surface area contributed by atoms with Gasteiger partial charge in [-0.25, -0.2) is 0 Å². The molecule has 0 saturated heterocycles. The van der Waals surface area contributed by atoms with E-state index in [1.807, 2.05) is 13.8 Å². The van der Waals surface area contributed by atoms with E-state index in [2.05, 4.69) is 4.98 Å². The second-order valence-electron chi connectivity index (χ2n) is 5.39. The number of benzene rings is 1. The van der Waals surface area contributed by atoms with Crippen molar-refractivity contribution < 1.29 is 14.3 Å². The first-order valence-corrected chi connectivity index (χ1v) is 7.45. The van der Waals surface area contributed by atoms with Gasteiger partial charge in [-0.2, -0.15) is 0 Å². The number of aromatic nitrogens is 1. The molecule has 0 aliphatic carbocycles. The Hall–Kier alpha value is -2.07. The van der Waals surface area contributed by atoms with E-state index >= 15 is 0 Å². The van der Waals surface area contributed by atoms with Crippen molar-refractivity contribution in [3.8, 4) is 0 Å². The van der Waals surface area contributed by atoms with Crippen molar-refractivity contribution in [2.45, 2.75) is 19.8 Å². The van der Waals surface area contributed by atoms with Crippen LogP contribution in [0.25, 0.3) is 0 Å². The summed E-state index contributed by atoms with van der Waals surface area (Å²) in [4.78, 5) is 27.0. The molecule has 1 atom stereocenters. The van der Waals surface area contributed by atoms with Gasteiger partial charge in [0.15, 0.2) is 6.61 Å². The highest BCUT2D eigenvalue weighted by Crippen LogP contribution is 2.27. The van der Waals surface area contributed by atoms with Gasteiger partial charge in [0.25, 0.3) is 0 Å². The van der Waals surface area contributed by atoms with Crippen LogP contribution in [-0.2, 0) is 9.53 Å². The molecule has 0 unspecified atom stereocenters. The summed E-state index contributed by atoms with van der Waals surface area (Å²) in [6.07, 6.45) is 1.65. The molecule has 116 valence electrons. The highest BCUT2D eigenvalue weighted by Gasteiger charge is 2.26. The van der Waals surface area contributed by atoms with Gasteiger partial charge in [-0.05, 0) is 35.7 Å². The van der Waals surface area contributed by atoms with Gasteiger partial charge in [-0.1, -0.05) is 37.6 Å². The summed E-state index contributed by atoms with van der Waals surface area (Å²) in [5.74, 6) is -1.03. The molecule has 22 heavy (non-hydrogen) atoms. The molecule has 1 aromatic carbocycles. The van der Waals surface area contributed by atoms with E-state index < -0.39 is 11.9 Å². The maximum atomic E-state index is 12.3. The van der Waals surface area contributed by atoms with Gasteiger partial charge >= 0.3 is 5.97 Å². The molecule has 1 N–H and O–H groups in total. The Morgan fingerprint density at radius 2 is 1.86 bits per heavy atom. The third-order valence-electron chi connectivity index (χ3n) is 3.39. The second-order valence-corrected chi connectivity index (χ2v) is 5.82. The molecule has 0 fully saturated rings. The quantitative estimate of drug-likeness (QED) is 0.650. The number of aromatic amines is 1. The Bertz CT molecular complexity index is 632. The number of rotatable bonds is 6. The van der Waals surface area contributed by atoms with Crippen LogP contribution in [0.1, 0.15) is 35.8 Å². The summed E-state index contributed by atoms with van der Waals surface area (Å²) >= 11 is 5.87. The highest BCUT2D eigenvalue weighted by molar-refractivity contribution is 6.30. The van der Waals surface area contributed by atoms with Crippen molar-refractivity contribution in [2.75, 3.05) is 6.61 Å². The molecule has 1 aromatic heterocycles. The lowest BCUT2D eigenvalue weighted by atomic mass is 9.88. The Kier molecular flexibility index (Phi) is 5.39. The number of halogens is 1. The topological polar surface area (TPSA) is 59.2 Å². The Morgan fingerprint density at radius 1 is 1.18 bits per heavy atom. The fourth-order valence-corrected chi connectivity index (χ4v) is 2.40. The van der Waals surface area contributed by atoms with Crippen molar-refractivity contribution in [2.24, 2.45) is 5.92 Å². The van der Waals surface area contributed by atoms with Crippen LogP contribution in [0.5, 0.6) is 0 Å². The molecule has 2 aromatic rings. The van der Waals surface area contributed by atoms with E-state index in [1.165, 1.54) is 0 Å². The van der Waals surface area contributed by atoms with Crippen LogP contribution in [0.3, 0.4) is 0 Å². The van der Waals surface area contributed by atoms with E-state index in [4.69, 9.17) is 16.3 Å². The molecule has 1 heterocycles. The number of ketones is 1. The van der Waals surface area contributed by atoms with Crippen LogP contribution in [-0.4, -0.2) is 23.3 Å². The number of ether oxygens (including phenoxy) is 1. The van der Waals surface area contributed by atoms with Crippen molar-refractivity contribution in [3.63, 3.8) is 0 Å². The SMILES string of the molecule is CC(C)[C@@H](C(=O)OCC(=O)c1ccc[nH]1)c1ccc(Cl)cc1. The van der Waals surface area contributed by atoms with Crippen LogP contribution in [0, 0.1) is 5.92 Å². The Labute approximate surface area is 134 Å². The summed E-state index contributed by atoms with van der Waals surface area (Å²) in [5.41, 5.74) is 1.26. The van der Waals surface area contributed by atoms with Gasteiger partial charge in [0.2, 0.25) is 5.78 Å². The molecule has 0 aliphatic rings. The zero-order valence-electron chi connectivity index (χ0n) is 12.5. The predicted molar refractivity (Wildman–Crippen MR) is 85.1 cm³/mol. The number of carbonyl (C=O) groups is 2. The van der Waals surface area contributed by atoms with Gasteiger partial charge in [0.05, 0.1) is 11.6 Å². The number of H-pyrrole nitrogens is 1. The van der Waals surface area contributed by atoms with E-state index in [-0.39, 0.29) is 18.3 Å². The van der Waals surface area contributed by atoms with Crippen LogP contribution < -0.4 is 0 Å². The van der Waals surface area contributed by atoms with Crippen LogP contribution in [0.4, 0.5) is 0 Å². The first kappa shape index (κ1) is 16.3. The molecule has 4 nitrogen and oxygen atoms in total. The van der Waals surface area contributed by atoms with Crippen LogP contribution in [0.2, 0.25) is 5.02 Å². The molecule has 0 saturated carbocycles. The third kappa shape index (κ3) is 3.98. The zero-order valence-corrected chi connectivity index (χ0v) is 13.3. The average molecular weight is 320 g/mol. The molecule has 2 rings (SSSR count). The van der Waals surface area contributed by atoms with Crippen molar-refractivity contribution in [1.29, 1.82) is 0 Å². The molecule has 0 radical (unpaired) electrons. The fourth-order valence-electron chi connectivity index (χ4n) is 2.27. The van der Waals surface area contributed by atoms with Crippen molar-refractivity contribution in [1.82, 2.24) is 4.98 Å². The minimum atomic E-state index is -0.422. The molecule has 0 amide bonds. The minimum Gasteiger partial charge on any atom is -0.457 e. The van der Waals surface area contributed by atoms with E-state index in [0.29, 0.717) is 10.7 Å². The average Bonchev–Trinajstić information content (AvgIpc) is 3.01. The highest BCUT2D eigenvalue weighted by atomic mass is 35.5. The largest absolute Gasteiger partial charge is 0.457 e. The van der Waals surface area contributed by atoms with E-state index in [1.54, 1.807) is 42.6 Å². The molecule has 5 heteroatoms. The standard InChI is InChI=1S/C17H18ClNO3/c1-11(2)16(12-5-7-13(18)8-6-12)17(21)22-10-15(20)14-4-3-9-19-14/h3-9,11,16,19H,10H2,1-2H3/t16-/m1/s1. The van der Waals surface area contributed by atoms with E-state index in [9.17, 15) is 9.59 Å². The molecular weight excluding hydrogens is 302 g/mol. The molecule has 0 spiro atoms. The van der Waals surface area contributed by atoms with Gasteiger partial charge in [0, 0.05) is 11.2 Å². The van der Waals surface area contributed by atoms with Crippen molar-refractivity contribution >= 4 is 23.4 Å². The van der Waals surface area contributed by atoms with Gasteiger partial charge in [-0.15, -0.1) is 0 Å². The Morgan fingerprint density at radius 3 is 2.41 bits per heavy atom. The lowest BCUT2D eigenvalue weighted by Crippen LogP contribution is -2.23. The monoisotopic (exact) mass is 319 g/mol. The zero-order chi connectivity index (χ0) is 16.1. The second kappa shape index (κ2) is 7.27. The smallest absolute Gasteiger partial charge is 0.314 e. The molecule has 0 bridgehead atoms. The summed E-state index contributed by atoms with van der Waals surface area (Å²) in [6.45, 7) is 3.61. The maximum Gasteiger partial charge on any atom is 0.314 e. The summed E-state index contributed by atoms with van der Waals surface area (Å²) in [5, 5.41) is 0.613. The Balaban J connectivity index is 2.04. The summed E-state index contributed by atoms with van der Waals surface area (Å²) in [6, 6.07) is 10.5. The van der Waals surface area contributed by atoms with Crippen LogP contribution in [0.15, 0.2) is 42.6 Å². The normalized spacial score (nSPS) is 12.2. The molecular formula is C17H18ClNO3. The predicted octanol–water partition coefficient (Wildman–Crippen LogP) is 3.83. The number of hydrogen-bond donors (Lipinski definition) is 1. The molecule has 0 aliphatic heterocycles. The number of nitrogens with one attached hydrogen (secondary N) is 1. The number of carbonyl (C=O) groups excluding carboxylic acids is 2. The summed E-state index contributed by atoms with van der Waals surface area (Å²) < 4.78 is 5.19. The van der Waals surface area contributed by atoms with E-state index in [0.717, 1.165) is 5.56 Å². The maximum absolute atomic E-state index is 12.3. The lowest BCUT2D eigenvalue weighted by Gasteiger charge is -2.19. The van der Waals surface area contributed by atoms with Gasteiger partial charge < -0.3 is 9.72 Å². The van der Waals surface area contributed by atoms with Gasteiger partial charge in [0.1, 0.15) is 0 Å². The third-order valence-corrected chi connectivity index (χ3v) is 3.65. The van der Waals surface area contributed by atoms with Crippen molar-refractivity contribution in [3.05, 3.63) is 58.9 Å². The minimum absolute atomic E-state index is 0.0502. The summed E-state index contributed by atoms with van der Waals surface area (Å²) in [7, 11) is 0. The number of esters is 1. The fraction of sp³-hybridized carbons (Fsp3) is 0.294. The van der Waals surface area contributed by atoms with Gasteiger partial charge in [-0.3, -0.25) is 9.59 Å². The number of Topliss-reactive ketones (excluding diaryl/α,β-unsaturated/α-hetero) is 1. The first-order chi connectivity index (χ1) is 10.5. The van der Waals surface area contributed by atoms with Crippen LogP contribution >= 0.6 is 11.6 Å².